The molecule has 0 fully saturated rings. The Morgan fingerprint density at radius 1 is 1.14 bits per heavy atom. The van der Waals surface area contributed by atoms with Crippen LogP contribution in [0.4, 0.5) is 4.39 Å². The largest absolute Gasteiger partial charge is 0.297 e. The molecule has 3 aromatic rings. The van der Waals surface area contributed by atoms with Crippen molar-refractivity contribution in [3.63, 3.8) is 0 Å². The highest BCUT2D eigenvalue weighted by Gasteiger charge is 2.18. The Hall–Kier alpha value is -1.73. The van der Waals surface area contributed by atoms with Crippen molar-refractivity contribution in [1.29, 1.82) is 0 Å². The van der Waals surface area contributed by atoms with E-state index in [1.54, 1.807) is 28.9 Å². The summed E-state index contributed by atoms with van der Waals surface area (Å²) < 4.78 is 17.5. The molecular formula is C20H21Cl2FN4S. The highest BCUT2D eigenvalue weighted by Crippen LogP contribution is 2.31. The SMILES string of the molecule is CC(C)n1c(-c2ccc(Cl)cc2Cl)nn(CN(C)Cc2ccc(F)cc2)c1=S. The highest BCUT2D eigenvalue weighted by atomic mass is 35.5. The van der Waals surface area contributed by atoms with Crippen LogP contribution in [0.25, 0.3) is 11.4 Å². The zero-order chi connectivity index (χ0) is 20.4. The maximum Gasteiger partial charge on any atom is 0.199 e. The van der Waals surface area contributed by atoms with Gasteiger partial charge in [-0.05, 0) is 69.0 Å². The number of halogens is 3. The third-order valence-corrected chi connectivity index (χ3v) is 5.26. The Bertz CT molecular complexity index is 1030. The van der Waals surface area contributed by atoms with E-state index >= 15 is 0 Å². The summed E-state index contributed by atoms with van der Waals surface area (Å²) in [6.45, 7) is 5.25. The third kappa shape index (κ3) is 4.63. The van der Waals surface area contributed by atoms with Crippen LogP contribution in [0.15, 0.2) is 42.5 Å². The topological polar surface area (TPSA) is 26.0 Å². The molecule has 1 heterocycles. The van der Waals surface area contributed by atoms with Gasteiger partial charge in [-0.15, -0.1) is 0 Å². The molecule has 0 radical (unpaired) electrons. The predicted molar refractivity (Wildman–Crippen MR) is 115 cm³/mol. The Morgan fingerprint density at radius 3 is 2.43 bits per heavy atom. The molecule has 0 amide bonds. The number of rotatable bonds is 6. The van der Waals surface area contributed by atoms with Crippen molar-refractivity contribution in [1.82, 2.24) is 19.2 Å². The van der Waals surface area contributed by atoms with Gasteiger partial charge in [-0.3, -0.25) is 9.47 Å². The number of hydrogen-bond donors (Lipinski definition) is 0. The molecule has 0 aliphatic heterocycles. The molecular weight excluding hydrogens is 418 g/mol. The van der Waals surface area contributed by atoms with Gasteiger partial charge in [-0.25, -0.2) is 9.07 Å². The molecule has 148 valence electrons. The van der Waals surface area contributed by atoms with Gasteiger partial charge in [-0.1, -0.05) is 35.3 Å². The summed E-state index contributed by atoms with van der Waals surface area (Å²) in [6.07, 6.45) is 0. The fraction of sp³-hybridized carbons (Fsp3) is 0.300. The molecule has 0 saturated carbocycles. The molecule has 0 unspecified atom stereocenters. The van der Waals surface area contributed by atoms with Crippen LogP contribution in [0.1, 0.15) is 25.5 Å². The van der Waals surface area contributed by atoms with Crippen LogP contribution in [0.5, 0.6) is 0 Å². The van der Waals surface area contributed by atoms with Crippen LogP contribution in [0.2, 0.25) is 10.0 Å². The minimum Gasteiger partial charge on any atom is -0.297 e. The van der Waals surface area contributed by atoms with E-state index in [4.69, 9.17) is 40.5 Å². The lowest BCUT2D eigenvalue weighted by Crippen LogP contribution is -2.22. The van der Waals surface area contributed by atoms with Gasteiger partial charge in [0.05, 0.1) is 11.7 Å². The number of hydrogen-bond acceptors (Lipinski definition) is 3. The average molecular weight is 439 g/mol. The zero-order valence-electron chi connectivity index (χ0n) is 15.9. The lowest BCUT2D eigenvalue weighted by Gasteiger charge is -2.16. The lowest BCUT2D eigenvalue weighted by atomic mass is 10.2. The predicted octanol–water partition coefficient (Wildman–Crippen LogP) is 6.20. The van der Waals surface area contributed by atoms with Crippen LogP contribution < -0.4 is 0 Å². The van der Waals surface area contributed by atoms with Gasteiger partial charge < -0.3 is 0 Å². The molecule has 0 aliphatic carbocycles. The minimum atomic E-state index is -0.242. The van der Waals surface area contributed by atoms with Crippen molar-refractivity contribution in [2.24, 2.45) is 0 Å². The van der Waals surface area contributed by atoms with E-state index in [0.717, 1.165) is 11.1 Å². The van der Waals surface area contributed by atoms with E-state index in [0.29, 0.717) is 33.9 Å². The van der Waals surface area contributed by atoms with E-state index in [1.807, 2.05) is 17.7 Å². The first kappa shape index (κ1) is 21.0. The summed E-state index contributed by atoms with van der Waals surface area (Å²) in [6, 6.07) is 11.9. The Balaban J connectivity index is 1.91. The van der Waals surface area contributed by atoms with Crippen molar-refractivity contribution in [3.05, 3.63) is 68.7 Å². The van der Waals surface area contributed by atoms with Gasteiger partial charge in [0, 0.05) is 23.2 Å². The first-order valence-electron chi connectivity index (χ1n) is 8.84. The Labute approximate surface area is 179 Å². The van der Waals surface area contributed by atoms with Gasteiger partial charge >= 0.3 is 0 Å². The molecule has 0 aliphatic rings. The van der Waals surface area contributed by atoms with Crippen LogP contribution in [-0.2, 0) is 13.2 Å². The number of nitrogens with zero attached hydrogens (tertiary/aromatic N) is 4. The summed E-state index contributed by atoms with van der Waals surface area (Å²) in [5, 5.41) is 5.83. The van der Waals surface area contributed by atoms with E-state index in [2.05, 4.69) is 18.7 Å². The molecule has 0 N–H and O–H groups in total. The Kier molecular flexibility index (Phi) is 6.55. The second kappa shape index (κ2) is 8.74. The standard InChI is InChI=1S/C20H21Cl2FN4S/c1-13(2)27-19(17-9-6-15(21)10-18(17)22)24-26(20(27)28)12-25(3)11-14-4-7-16(23)8-5-14/h4-10,13H,11-12H2,1-3H3. The minimum absolute atomic E-state index is 0.116. The lowest BCUT2D eigenvalue weighted by molar-refractivity contribution is 0.243. The second-order valence-corrected chi connectivity index (χ2v) is 8.18. The molecule has 3 rings (SSSR count). The maximum absolute atomic E-state index is 13.1. The number of benzene rings is 2. The van der Waals surface area contributed by atoms with Crippen LogP contribution in [-0.4, -0.2) is 26.3 Å². The monoisotopic (exact) mass is 438 g/mol. The molecule has 1 aromatic heterocycles. The Morgan fingerprint density at radius 2 is 1.82 bits per heavy atom. The molecule has 0 saturated heterocycles. The van der Waals surface area contributed by atoms with E-state index in [9.17, 15) is 4.39 Å². The fourth-order valence-corrected chi connectivity index (χ4v) is 3.90. The van der Waals surface area contributed by atoms with Gasteiger partial charge in [0.1, 0.15) is 5.82 Å². The van der Waals surface area contributed by atoms with E-state index in [1.165, 1.54) is 12.1 Å². The van der Waals surface area contributed by atoms with Crippen molar-refractivity contribution < 1.29 is 4.39 Å². The molecule has 4 nitrogen and oxygen atoms in total. The van der Waals surface area contributed by atoms with Gasteiger partial charge in [0.15, 0.2) is 10.6 Å². The van der Waals surface area contributed by atoms with Gasteiger partial charge in [0.25, 0.3) is 0 Å². The van der Waals surface area contributed by atoms with Crippen LogP contribution in [0.3, 0.4) is 0 Å². The van der Waals surface area contributed by atoms with Crippen molar-refractivity contribution >= 4 is 35.4 Å². The molecule has 28 heavy (non-hydrogen) atoms. The number of aromatic nitrogens is 3. The normalized spacial score (nSPS) is 11.6. The second-order valence-electron chi connectivity index (χ2n) is 6.98. The van der Waals surface area contributed by atoms with Crippen molar-refractivity contribution in [2.75, 3.05) is 7.05 Å². The van der Waals surface area contributed by atoms with Gasteiger partial charge in [0.2, 0.25) is 0 Å². The summed E-state index contributed by atoms with van der Waals surface area (Å²) in [5.41, 5.74) is 1.80. The summed E-state index contributed by atoms with van der Waals surface area (Å²) in [4.78, 5) is 2.06. The fourth-order valence-electron chi connectivity index (χ4n) is 3.01. The molecule has 0 spiro atoms. The van der Waals surface area contributed by atoms with Crippen LogP contribution >= 0.6 is 35.4 Å². The third-order valence-electron chi connectivity index (χ3n) is 4.30. The first-order chi connectivity index (χ1) is 13.3. The summed E-state index contributed by atoms with van der Waals surface area (Å²) in [5.74, 6) is 0.464. The molecule has 0 bridgehead atoms. The van der Waals surface area contributed by atoms with Crippen molar-refractivity contribution in [2.45, 2.75) is 33.1 Å². The highest BCUT2D eigenvalue weighted by molar-refractivity contribution is 7.71. The van der Waals surface area contributed by atoms with Gasteiger partial charge in [-0.2, -0.15) is 5.10 Å². The molecule has 8 heteroatoms. The van der Waals surface area contributed by atoms with E-state index in [-0.39, 0.29) is 11.9 Å². The average Bonchev–Trinajstić information content (AvgIpc) is 2.93. The van der Waals surface area contributed by atoms with Crippen LogP contribution in [0, 0.1) is 10.6 Å². The summed E-state index contributed by atoms with van der Waals surface area (Å²) in [7, 11) is 1.97. The summed E-state index contributed by atoms with van der Waals surface area (Å²) >= 11 is 18.1. The van der Waals surface area contributed by atoms with E-state index < -0.39 is 0 Å². The molecule has 2 aromatic carbocycles. The van der Waals surface area contributed by atoms with Crippen molar-refractivity contribution in [3.8, 4) is 11.4 Å². The first-order valence-corrected chi connectivity index (χ1v) is 10.0. The zero-order valence-corrected chi connectivity index (χ0v) is 18.2. The quantitative estimate of drug-likeness (QED) is 0.428. The molecule has 0 atom stereocenters. The maximum atomic E-state index is 13.1. The smallest absolute Gasteiger partial charge is 0.199 e.